The van der Waals surface area contributed by atoms with E-state index in [4.69, 9.17) is 0 Å². The lowest BCUT2D eigenvalue weighted by atomic mass is 9.73. The Hall–Kier alpha value is -3.00. The number of carbonyl (C=O) groups is 1. The van der Waals surface area contributed by atoms with Crippen molar-refractivity contribution < 1.29 is 4.79 Å². The van der Waals surface area contributed by atoms with Crippen LogP contribution in [0.2, 0.25) is 0 Å². The maximum Gasteiger partial charge on any atom is 0.319 e. The van der Waals surface area contributed by atoms with E-state index in [-0.39, 0.29) is 17.6 Å². The number of carbonyl (C=O) groups excluding carboxylic acids is 1. The van der Waals surface area contributed by atoms with Crippen molar-refractivity contribution in [2.24, 2.45) is 0 Å². The molecule has 1 saturated heterocycles. The molecule has 3 N–H and O–H groups in total. The number of hydrogen-bond donors (Lipinski definition) is 3. The fraction of sp³-hybridized carbons (Fsp3) is 0.368. The molecule has 1 aliphatic heterocycles. The van der Waals surface area contributed by atoms with Crippen LogP contribution in [0.3, 0.4) is 0 Å². The van der Waals surface area contributed by atoms with Crippen LogP contribution in [0.1, 0.15) is 25.7 Å². The second kappa shape index (κ2) is 6.31. The van der Waals surface area contributed by atoms with Gasteiger partial charge in [-0.05, 0) is 44.4 Å². The van der Waals surface area contributed by atoms with Gasteiger partial charge in [0, 0.05) is 11.6 Å². The number of nitrogens with one attached hydrogen (secondary N) is 3. The van der Waals surface area contributed by atoms with Crippen molar-refractivity contribution >= 4 is 22.8 Å². The van der Waals surface area contributed by atoms with Crippen LogP contribution in [-0.4, -0.2) is 43.9 Å². The fourth-order valence-electron chi connectivity index (χ4n) is 4.05. The van der Waals surface area contributed by atoms with Crippen molar-refractivity contribution in [1.82, 2.24) is 30.4 Å². The molecule has 1 atom stereocenters. The van der Waals surface area contributed by atoms with E-state index in [2.05, 4.69) is 31.0 Å². The number of aromatic nitrogens is 4. The van der Waals surface area contributed by atoms with Gasteiger partial charge >= 0.3 is 6.03 Å². The third kappa shape index (κ3) is 2.91. The van der Waals surface area contributed by atoms with Gasteiger partial charge in [0.25, 0.3) is 0 Å². The van der Waals surface area contributed by atoms with E-state index in [1.54, 1.807) is 23.3 Å². The summed E-state index contributed by atoms with van der Waals surface area (Å²) in [5.74, 6) is 0.607. The van der Waals surface area contributed by atoms with Gasteiger partial charge in [-0.25, -0.2) is 14.5 Å². The fourth-order valence-corrected chi connectivity index (χ4v) is 4.05. The molecule has 2 amide bonds. The first-order valence-corrected chi connectivity index (χ1v) is 9.31. The molecule has 1 unspecified atom stereocenters. The maximum absolute atomic E-state index is 12.4. The SMILES string of the molecule is O=C(Nc1cnn(-c2cnc3ccccc3n2)c1)NC1CCNC12CCC2. The Morgan fingerprint density at radius 1 is 1.22 bits per heavy atom. The molecule has 1 aromatic carbocycles. The summed E-state index contributed by atoms with van der Waals surface area (Å²) in [5.41, 5.74) is 2.37. The first-order valence-electron chi connectivity index (χ1n) is 9.31. The standard InChI is InChI=1S/C19H21N7O/c27-18(25-16-6-9-21-19(16)7-3-8-19)23-13-10-22-26(12-13)17-11-20-14-4-1-2-5-15(14)24-17/h1-2,4-5,10-12,16,21H,3,6-9H2,(H2,23,25,27). The molecule has 138 valence electrons. The molecule has 0 bridgehead atoms. The number of nitrogens with zero attached hydrogens (tertiary/aromatic N) is 4. The normalized spacial score (nSPS) is 20.5. The molecule has 5 rings (SSSR count). The lowest BCUT2D eigenvalue weighted by Gasteiger charge is -2.43. The van der Waals surface area contributed by atoms with Gasteiger partial charge in [0.1, 0.15) is 0 Å². The Bertz CT molecular complexity index is 994. The Labute approximate surface area is 156 Å². The topological polar surface area (TPSA) is 96.8 Å². The molecule has 0 radical (unpaired) electrons. The highest BCUT2D eigenvalue weighted by Gasteiger charge is 2.47. The average molecular weight is 363 g/mol. The average Bonchev–Trinajstić information content (AvgIpc) is 3.28. The van der Waals surface area contributed by atoms with Crippen LogP contribution in [0.25, 0.3) is 16.9 Å². The van der Waals surface area contributed by atoms with Crippen LogP contribution in [0.4, 0.5) is 10.5 Å². The van der Waals surface area contributed by atoms with Gasteiger partial charge in [-0.2, -0.15) is 5.10 Å². The number of benzene rings is 1. The molecular formula is C19H21N7O. The molecule has 1 spiro atoms. The minimum Gasteiger partial charge on any atom is -0.333 e. The number of anilines is 1. The highest BCUT2D eigenvalue weighted by Crippen LogP contribution is 2.39. The van der Waals surface area contributed by atoms with Gasteiger partial charge in [0.05, 0.1) is 35.3 Å². The Morgan fingerprint density at radius 3 is 2.89 bits per heavy atom. The summed E-state index contributed by atoms with van der Waals surface area (Å²) in [7, 11) is 0. The predicted molar refractivity (Wildman–Crippen MR) is 102 cm³/mol. The zero-order chi connectivity index (χ0) is 18.3. The summed E-state index contributed by atoms with van der Waals surface area (Å²) >= 11 is 0. The molecule has 2 fully saturated rings. The molecule has 1 saturated carbocycles. The van der Waals surface area contributed by atoms with Crippen LogP contribution in [-0.2, 0) is 0 Å². The summed E-state index contributed by atoms with van der Waals surface area (Å²) in [5, 5.41) is 13.8. The van der Waals surface area contributed by atoms with E-state index in [9.17, 15) is 4.79 Å². The molecule has 27 heavy (non-hydrogen) atoms. The lowest BCUT2D eigenvalue weighted by molar-refractivity contribution is 0.172. The Kier molecular flexibility index (Phi) is 3.78. The second-order valence-electron chi connectivity index (χ2n) is 7.27. The van der Waals surface area contributed by atoms with Gasteiger partial charge in [-0.1, -0.05) is 12.1 Å². The molecule has 3 heterocycles. The van der Waals surface area contributed by atoms with Crippen LogP contribution in [0.5, 0.6) is 0 Å². The van der Waals surface area contributed by atoms with Crippen LogP contribution in [0.15, 0.2) is 42.9 Å². The van der Waals surface area contributed by atoms with Crippen molar-refractivity contribution in [2.75, 3.05) is 11.9 Å². The summed E-state index contributed by atoms with van der Waals surface area (Å²) in [4.78, 5) is 21.4. The monoisotopic (exact) mass is 363 g/mol. The maximum atomic E-state index is 12.4. The number of amides is 2. The Morgan fingerprint density at radius 2 is 2.07 bits per heavy atom. The Balaban J connectivity index is 1.28. The van der Waals surface area contributed by atoms with E-state index in [0.717, 1.165) is 36.8 Å². The van der Waals surface area contributed by atoms with Gasteiger partial charge < -0.3 is 16.0 Å². The van der Waals surface area contributed by atoms with Gasteiger partial charge in [-0.15, -0.1) is 0 Å². The summed E-state index contributed by atoms with van der Waals surface area (Å²) in [6.07, 6.45) is 9.50. The molecule has 1 aliphatic carbocycles. The van der Waals surface area contributed by atoms with Crippen molar-refractivity contribution in [1.29, 1.82) is 0 Å². The minimum atomic E-state index is -0.195. The smallest absolute Gasteiger partial charge is 0.319 e. The van der Waals surface area contributed by atoms with Gasteiger partial charge in [0.15, 0.2) is 5.82 Å². The van der Waals surface area contributed by atoms with Crippen molar-refractivity contribution in [3.63, 3.8) is 0 Å². The lowest BCUT2D eigenvalue weighted by Crippen LogP contribution is -2.59. The number of rotatable bonds is 3. The van der Waals surface area contributed by atoms with Crippen LogP contribution in [0, 0.1) is 0 Å². The summed E-state index contributed by atoms with van der Waals surface area (Å²) < 4.78 is 1.61. The van der Waals surface area contributed by atoms with Crippen LogP contribution >= 0.6 is 0 Å². The largest absolute Gasteiger partial charge is 0.333 e. The first-order chi connectivity index (χ1) is 13.2. The summed E-state index contributed by atoms with van der Waals surface area (Å²) in [6.45, 7) is 0.962. The van der Waals surface area contributed by atoms with E-state index in [0.29, 0.717) is 11.5 Å². The first kappa shape index (κ1) is 16.2. The quantitative estimate of drug-likeness (QED) is 0.663. The van der Waals surface area contributed by atoms with Gasteiger partial charge in [0.2, 0.25) is 0 Å². The third-order valence-electron chi connectivity index (χ3n) is 5.64. The molecule has 3 aromatic rings. The van der Waals surface area contributed by atoms with Crippen LogP contribution < -0.4 is 16.0 Å². The van der Waals surface area contributed by atoms with E-state index in [1.165, 1.54) is 6.42 Å². The van der Waals surface area contributed by atoms with Crippen molar-refractivity contribution in [3.8, 4) is 5.82 Å². The molecule has 2 aliphatic rings. The second-order valence-corrected chi connectivity index (χ2v) is 7.27. The number of fused-ring (bicyclic) bond motifs is 1. The minimum absolute atomic E-state index is 0.113. The zero-order valence-electron chi connectivity index (χ0n) is 14.9. The van der Waals surface area contributed by atoms with Crippen molar-refractivity contribution in [3.05, 3.63) is 42.9 Å². The molecule has 2 aromatic heterocycles. The zero-order valence-corrected chi connectivity index (χ0v) is 14.9. The number of urea groups is 1. The van der Waals surface area contributed by atoms with Crippen molar-refractivity contribution in [2.45, 2.75) is 37.3 Å². The third-order valence-corrected chi connectivity index (χ3v) is 5.64. The highest BCUT2D eigenvalue weighted by atomic mass is 16.2. The van der Waals surface area contributed by atoms with E-state index < -0.39 is 0 Å². The van der Waals surface area contributed by atoms with E-state index >= 15 is 0 Å². The molecule has 8 nitrogen and oxygen atoms in total. The molecular weight excluding hydrogens is 342 g/mol. The number of hydrogen-bond acceptors (Lipinski definition) is 5. The number of para-hydroxylation sites is 2. The van der Waals surface area contributed by atoms with Gasteiger partial charge in [-0.3, -0.25) is 4.98 Å². The highest BCUT2D eigenvalue weighted by molar-refractivity contribution is 5.89. The molecule has 8 heteroatoms. The van der Waals surface area contributed by atoms with E-state index in [1.807, 2.05) is 24.3 Å². The predicted octanol–water partition coefficient (Wildman–Crippen LogP) is 2.22. The summed E-state index contributed by atoms with van der Waals surface area (Å²) in [6, 6.07) is 7.67.